The zero-order chi connectivity index (χ0) is 54.3. The molecule has 0 fully saturated rings. The predicted octanol–water partition coefficient (Wildman–Crippen LogP) is 18.0. The van der Waals surface area contributed by atoms with Crippen LogP contribution in [0.4, 0.5) is 8.63 Å². The van der Waals surface area contributed by atoms with E-state index >= 15 is 8.63 Å². The van der Waals surface area contributed by atoms with Crippen molar-refractivity contribution in [3.63, 3.8) is 0 Å². The summed E-state index contributed by atoms with van der Waals surface area (Å²) in [6, 6.07) is 57.9. The Morgan fingerprint density at radius 3 is 1.05 bits per heavy atom. The fourth-order valence-corrected chi connectivity index (χ4v) is 11.6. The number of unbranched alkanes of at least 4 members (excludes halogenated alkanes) is 4. The van der Waals surface area contributed by atoms with Gasteiger partial charge in [-0.3, -0.25) is 0 Å². The molecule has 3 heterocycles. The van der Waals surface area contributed by atoms with Crippen LogP contribution in [0.3, 0.4) is 0 Å². The minimum absolute atomic E-state index is 0.438. The van der Waals surface area contributed by atoms with E-state index < -0.39 is 6.97 Å². The maximum atomic E-state index is 20.4. The molecule has 0 bridgehead atoms. The summed E-state index contributed by atoms with van der Waals surface area (Å²) in [4.78, 5) is 0. The van der Waals surface area contributed by atoms with Crippen molar-refractivity contribution in [2.24, 2.45) is 0 Å². The highest BCUT2D eigenvalue weighted by Crippen LogP contribution is 2.57. The number of aromatic nitrogens is 1. The molecule has 7 aromatic carbocycles. The van der Waals surface area contributed by atoms with Gasteiger partial charge in [-0.2, -0.15) is 0 Å². The van der Waals surface area contributed by atoms with Gasteiger partial charge in [-0.15, -0.1) is 0 Å². The first kappa shape index (κ1) is 53.7. The molecular formula is C70H73BF2N2O3. The molecule has 0 saturated carbocycles. The second kappa shape index (κ2) is 23.9. The maximum Gasteiger partial charge on any atom is 0.738 e. The van der Waals surface area contributed by atoms with E-state index in [2.05, 4.69) is 125 Å². The molecule has 398 valence electrons. The molecule has 0 saturated heterocycles. The molecule has 1 aromatic heterocycles. The van der Waals surface area contributed by atoms with Gasteiger partial charge in [0.1, 0.15) is 17.2 Å². The van der Waals surface area contributed by atoms with E-state index in [0.717, 1.165) is 116 Å². The molecule has 5 nitrogen and oxygen atoms in total. The van der Waals surface area contributed by atoms with Gasteiger partial charge in [-0.05, 0) is 156 Å². The summed E-state index contributed by atoms with van der Waals surface area (Å²) in [5.41, 5.74) is 15.7. The summed E-state index contributed by atoms with van der Waals surface area (Å²) >= 11 is 0. The molecule has 2 aliphatic heterocycles. The first-order valence-corrected chi connectivity index (χ1v) is 28.4. The summed E-state index contributed by atoms with van der Waals surface area (Å²) in [6.07, 6.45) is 12.2. The molecular weight excluding hydrogens is 966 g/mol. The third kappa shape index (κ3) is 10.4. The SMILES string of the molecule is CCCCc1ccc(C2=C(c3ccc(OC)cc3)C3=C(c4ccc(OC)cc4)c4c(-c5ccc(OC)cc5)c(-c5ccc(CCCC)cc5)c(-c5ccc(CCCC)cc5)n4[B-](F)(F)[N+]3=C2c2ccc(CCCC)cc2)cc1. The average Bonchev–Trinajstić information content (AvgIpc) is 3.06. The Hall–Kier alpha value is -7.71. The zero-order valence-corrected chi connectivity index (χ0v) is 46.6. The Bertz CT molecular complexity index is 3460. The van der Waals surface area contributed by atoms with Crippen molar-refractivity contribution in [1.29, 1.82) is 0 Å². The van der Waals surface area contributed by atoms with Crippen LogP contribution < -0.4 is 14.2 Å². The van der Waals surface area contributed by atoms with Crippen molar-refractivity contribution in [2.45, 2.75) is 105 Å². The summed E-state index contributed by atoms with van der Waals surface area (Å²) in [7, 11) is 4.97. The third-order valence-electron chi connectivity index (χ3n) is 15.9. The smallest absolute Gasteiger partial charge is 0.497 e. The van der Waals surface area contributed by atoms with Crippen molar-refractivity contribution in [1.82, 2.24) is 4.48 Å². The Morgan fingerprint density at radius 1 is 0.359 bits per heavy atom. The van der Waals surface area contributed by atoms with Crippen molar-refractivity contribution in [3.8, 4) is 50.8 Å². The van der Waals surface area contributed by atoms with Crippen LogP contribution >= 0.6 is 0 Å². The van der Waals surface area contributed by atoms with Crippen molar-refractivity contribution in [2.75, 3.05) is 21.3 Å². The van der Waals surface area contributed by atoms with Crippen LogP contribution in [0.5, 0.6) is 17.2 Å². The number of benzene rings is 7. The molecule has 0 N–H and O–H groups in total. The molecule has 0 aliphatic carbocycles. The van der Waals surface area contributed by atoms with Gasteiger partial charge in [-0.25, -0.2) is 0 Å². The quantitative estimate of drug-likeness (QED) is 0.0635. The van der Waals surface area contributed by atoms with E-state index in [0.29, 0.717) is 67.9 Å². The molecule has 0 radical (unpaired) electrons. The first-order valence-electron chi connectivity index (χ1n) is 28.4. The number of methoxy groups -OCH3 is 3. The van der Waals surface area contributed by atoms with E-state index in [1.165, 1.54) is 31.2 Å². The zero-order valence-electron chi connectivity index (χ0n) is 46.6. The number of fused-ring (bicyclic) bond motifs is 2. The van der Waals surface area contributed by atoms with Gasteiger partial charge in [0.2, 0.25) is 0 Å². The third-order valence-corrected chi connectivity index (χ3v) is 15.9. The average molecular weight is 1040 g/mol. The topological polar surface area (TPSA) is 35.6 Å². The van der Waals surface area contributed by atoms with Gasteiger partial charge >= 0.3 is 6.97 Å². The van der Waals surface area contributed by atoms with Gasteiger partial charge in [0, 0.05) is 28.1 Å². The van der Waals surface area contributed by atoms with Crippen LogP contribution in [0.15, 0.2) is 176 Å². The van der Waals surface area contributed by atoms with E-state index in [9.17, 15) is 0 Å². The second-order valence-electron chi connectivity index (χ2n) is 21.0. The number of hydrogen-bond acceptors (Lipinski definition) is 3. The monoisotopic (exact) mass is 1040 g/mol. The van der Waals surface area contributed by atoms with Crippen LogP contribution in [-0.4, -0.2) is 43.0 Å². The Morgan fingerprint density at radius 2 is 0.667 bits per heavy atom. The molecule has 8 aromatic rings. The Labute approximate surface area is 461 Å². The predicted molar refractivity (Wildman–Crippen MR) is 321 cm³/mol. The molecule has 10 rings (SSSR count). The van der Waals surface area contributed by atoms with Crippen molar-refractivity contribution in [3.05, 3.63) is 226 Å². The normalized spacial score (nSPS) is 13.8. The van der Waals surface area contributed by atoms with Gasteiger partial charge < -0.3 is 31.8 Å². The van der Waals surface area contributed by atoms with Crippen LogP contribution in [0, 0.1) is 0 Å². The number of aryl methyl sites for hydroxylation is 4. The fourth-order valence-electron chi connectivity index (χ4n) is 11.6. The lowest BCUT2D eigenvalue weighted by molar-refractivity contribution is -0.358. The van der Waals surface area contributed by atoms with E-state index in [1.54, 1.807) is 21.3 Å². The summed E-state index contributed by atoms with van der Waals surface area (Å²) in [6.45, 7) is 4.03. The summed E-state index contributed by atoms with van der Waals surface area (Å²) in [5, 5.41) is 0. The molecule has 8 heteroatoms. The number of ether oxygens (including phenoxy) is 3. The van der Waals surface area contributed by atoms with Crippen molar-refractivity contribution < 1.29 is 27.3 Å². The lowest BCUT2D eigenvalue weighted by Crippen LogP contribution is -2.52. The van der Waals surface area contributed by atoms with Crippen LogP contribution in [0.1, 0.15) is 129 Å². The largest absolute Gasteiger partial charge is 0.738 e. The van der Waals surface area contributed by atoms with Gasteiger partial charge in [0.25, 0.3) is 0 Å². The minimum Gasteiger partial charge on any atom is -0.497 e. The Balaban J connectivity index is 1.43. The highest BCUT2D eigenvalue weighted by Gasteiger charge is 2.60. The van der Waals surface area contributed by atoms with Crippen LogP contribution in [-0.2, 0) is 25.7 Å². The summed E-state index contributed by atoms with van der Waals surface area (Å²) < 4.78 is 61.0. The van der Waals surface area contributed by atoms with Gasteiger partial charge in [0.05, 0.1) is 38.0 Å². The molecule has 0 unspecified atom stereocenters. The van der Waals surface area contributed by atoms with E-state index in [1.807, 2.05) is 72.8 Å². The lowest BCUT2D eigenvalue weighted by Gasteiger charge is -2.35. The van der Waals surface area contributed by atoms with Crippen LogP contribution in [0.2, 0.25) is 0 Å². The lowest BCUT2D eigenvalue weighted by atomic mass is 9.81. The minimum atomic E-state index is -4.78. The number of hydrogen-bond donors (Lipinski definition) is 0. The van der Waals surface area contributed by atoms with Crippen LogP contribution in [0.25, 0.3) is 50.2 Å². The fraction of sp³-hybridized carbons (Fsp3) is 0.271. The summed E-state index contributed by atoms with van der Waals surface area (Å²) in [5.74, 6) is 2.02. The molecule has 0 spiro atoms. The highest BCUT2D eigenvalue weighted by molar-refractivity contribution is 6.61. The highest BCUT2D eigenvalue weighted by atomic mass is 19.2. The number of nitrogens with zero attached hydrogens (tertiary/aromatic N) is 2. The van der Waals surface area contributed by atoms with Crippen molar-refractivity contribution >= 4 is 29.4 Å². The molecule has 0 atom stereocenters. The second-order valence-corrected chi connectivity index (χ2v) is 21.0. The van der Waals surface area contributed by atoms with E-state index in [-0.39, 0.29) is 0 Å². The first-order chi connectivity index (χ1) is 38.1. The molecule has 2 aliphatic rings. The Kier molecular flexibility index (Phi) is 16.4. The van der Waals surface area contributed by atoms with Gasteiger partial charge in [0.15, 0.2) is 11.4 Å². The standard InChI is InChI=1S/C70H73BF2N2O3/c1-8-12-16-48-20-28-52(29-21-48)62-64(54-36-42-59(76-5)43-37-54)69-66(56-40-46-61(78-7)47-41-56)70-65(55-38-44-60(77-6)45-39-55)63(53-30-22-49(23-31-53)17-13-9-2)68(58-34-26-51(27-35-58)19-15-11-4)75(70)71(72,73)74(69)67(62)57-32-24-50(25-33-57)18-14-10-3/h20-47H,8-19H2,1-7H3. The molecule has 0 amide bonds. The number of halogens is 2. The van der Waals surface area contributed by atoms with Gasteiger partial charge in [-0.1, -0.05) is 175 Å². The molecule has 78 heavy (non-hydrogen) atoms. The number of rotatable bonds is 22. The number of allylic oxidation sites excluding steroid dienone is 2. The van der Waals surface area contributed by atoms with E-state index in [4.69, 9.17) is 14.2 Å². The maximum absolute atomic E-state index is 20.4.